The maximum Gasteiger partial charge on any atom is 0.446 e. The van der Waals surface area contributed by atoms with Crippen LogP contribution in [0.25, 0.3) is 17.2 Å². The summed E-state index contributed by atoms with van der Waals surface area (Å²) in [6.45, 7) is 0.248. The van der Waals surface area contributed by atoms with Crippen LogP contribution in [0.5, 0.6) is 0 Å². The Labute approximate surface area is 172 Å². The molecule has 0 spiro atoms. The second kappa shape index (κ2) is 8.42. The van der Waals surface area contributed by atoms with E-state index in [4.69, 9.17) is 9.15 Å². The van der Waals surface area contributed by atoms with Gasteiger partial charge in [-0.3, -0.25) is 4.52 Å². The molecule has 29 heavy (non-hydrogen) atoms. The Morgan fingerprint density at radius 1 is 1.28 bits per heavy atom. The Morgan fingerprint density at radius 3 is 2.72 bits per heavy atom. The summed E-state index contributed by atoms with van der Waals surface area (Å²) in [6, 6.07) is 3.92. The van der Waals surface area contributed by atoms with E-state index in [1.807, 2.05) is 0 Å². The second-order valence-corrected chi connectivity index (χ2v) is 9.20. The Balaban J connectivity index is 1.83. The molecule has 0 aliphatic rings. The first-order chi connectivity index (χ1) is 13.7. The Hall–Kier alpha value is -2.58. The molecule has 0 unspecified atom stereocenters. The minimum Gasteiger partial charge on any atom is -0.365 e. The molecular formula is C15H16BrFN6O5S. The van der Waals surface area contributed by atoms with Crippen molar-refractivity contribution in [1.29, 1.82) is 0 Å². The fraction of sp³-hybridized carbons (Fsp3) is 0.333. The van der Waals surface area contributed by atoms with Crippen molar-refractivity contribution in [3.05, 3.63) is 39.0 Å². The van der Waals surface area contributed by atoms with Gasteiger partial charge in [0.2, 0.25) is 21.7 Å². The molecule has 2 aromatic heterocycles. The average Bonchev–Trinajstić information content (AvgIpc) is 3.27. The number of aromatic nitrogens is 4. The molecule has 0 radical (unpaired) electrons. The predicted molar refractivity (Wildman–Crippen MR) is 104 cm³/mol. The molecule has 11 nitrogen and oxygen atoms in total. The number of benzene rings is 1. The van der Waals surface area contributed by atoms with Gasteiger partial charge in [0.1, 0.15) is 5.82 Å². The fourth-order valence-corrected chi connectivity index (χ4v) is 3.59. The summed E-state index contributed by atoms with van der Waals surface area (Å²) in [5, 5.41) is 14.0. The van der Waals surface area contributed by atoms with Crippen molar-refractivity contribution >= 4 is 31.8 Å². The van der Waals surface area contributed by atoms with Crippen LogP contribution in [0.15, 0.2) is 36.6 Å². The number of rotatable bonds is 8. The summed E-state index contributed by atoms with van der Waals surface area (Å²) in [7, 11) is -0.406. The van der Waals surface area contributed by atoms with Crippen LogP contribution in [-0.2, 0) is 10.0 Å². The van der Waals surface area contributed by atoms with Crippen LogP contribution in [0.3, 0.4) is 0 Å². The van der Waals surface area contributed by atoms with E-state index < -0.39 is 21.6 Å². The molecule has 3 rings (SSSR count). The lowest BCUT2D eigenvalue weighted by molar-refractivity contribution is 0.309. The maximum atomic E-state index is 13.5. The van der Waals surface area contributed by atoms with E-state index >= 15 is 0 Å². The highest BCUT2D eigenvalue weighted by Crippen LogP contribution is 2.26. The molecule has 3 aromatic rings. The molecule has 2 heterocycles. The van der Waals surface area contributed by atoms with Crippen LogP contribution in [0.4, 0.5) is 10.2 Å². The van der Waals surface area contributed by atoms with E-state index in [0.717, 1.165) is 8.87 Å². The van der Waals surface area contributed by atoms with Crippen molar-refractivity contribution in [3.63, 3.8) is 0 Å². The maximum absolute atomic E-state index is 13.5. The minimum absolute atomic E-state index is 0.0156. The van der Waals surface area contributed by atoms with Crippen LogP contribution < -0.4 is 11.1 Å². The van der Waals surface area contributed by atoms with Gasteiger partial charge in [-0.25, -0.2) is 31.1 Å². The smallest absolute Gasteiger partial charge is 0.365 e. The van der Waals surface area contributed by atoms with E-state index in [1.165, 1.54) is 32.3 Å². The van der Waals surface area contributed by atoms with Crippen molar-refractivity contribution in [2.75, 3.05) is 31.7 Å². The van der Waals surface area contributed by atoms with Gasteiger partial charge in [0.15, 0.2) is 5.69 Å². The van der Waals surface area contributed by atoms with Crippen LogP contribution in [0.2, 0.25) is 0 Å². The van der Waals surface area contributed by atoms with Crippen molar-refractivity contribution in [1.82, 2.24) is 24.3 Å². The molecule has 0 bridgehead atoms. The molecule has 0 atom stereocenters. The van der Waals surface area contributed by atoms with E-state index in [1.54, 1.807) is 0 Å². The van der Waals surface area contributed by atoms with Crippen molar-refractivity contribution in [2.45, 2.75) is 6.42 Å². The monoisotopic (exact) mass is 490 g/mol. The zero-order valence-electron chi connectivity index (χ0n) is 15.3. The number of hydrogen-bond acceptors (Lipinski definition) is 9. The summed E-state index contributed by atoms with van der Waals surface area (Å²) in [5.74, 6) is -1.25. The Bertz CT molecular complexity index is 1170. The van der Waals surface area contributed by atoms with Crippen molar-refractivity contribution < 1.29 is 22.0 Å². The zero-order valence-corrected chi connectivity index (χ0v) is 17.7. The molecule has 0 aliphatic heterocycles. The molecule has 0 aliphatic carbocycles. The van der Waals surface area contributed by atoms with E-state index in [9.17, 15) is 17.6 Å². The Morgan fingerprint density at radius 2 is 2.03 bits per heavy atom. The lowest BCUT2D eigenvalue weighted by Gasteiger charge is -2.11. The van der Waals surface area contributed by atoms with Gasteiger partial charge in [0.05, 0.1) is 15.9 Å². The van der Waals surface area contributed by atoms with Crippen LogP contribution >= 0.6 is 15.9 Å². The molecule has 1 aromatic carbocycles. The van der Waals surface area contributed by atoms with E-state index in [-0.39, 0.29) is 39.8 Å². The van der Waals surface area contributed by atoms with Gasteiger partial charge in [-0.1, -0.05) is 5.16 Å². The minimum atomic E-state index is -3.32. The van der Waals surface area contributed by atoms with Gasteiger partial charge in [-0.2, -0.15) is 0 Å². The molecule has 14 heteroatoms. The van der Waals surface area contributed by atoms with Gasteiger partial charge in [-0.15, -0.1) is 0 Å². The lowest BCUT2D eigenvalue weighted by atomic mass is 10.3. The topological polar surface area (TPSA) is 136 Å². The molecule has 1 N–H and O–H groups in total. The lowest BCUT2D eigenvalue weighted by Crippen LogP contribution is -2.26. The molecule has 0 saturated heterocycles. The molecule has 0 amide bonds. The zero-order chi connectivity index (χ0) is 21.2. The summed E-state index contributed by atoms with van der Waals surface area (Å²) in [6.07, 6.45) is 0.295. The largest absolute Gasteiger partial charge is 0.446 e. The summed E-state index contributed by atoms with van der Waals surface area (Å²) >= 11 is 3.06. The standard InChI is InChI=1S/C15H16BrFN6O5S/c1-22(2)29(25,26)7-3-6-18-13-12(19-28-20-13)14-21-27-15(24)23(14)9-4-5-11(17)10(16)8-9/h4-5,8H,3,6-7H2,1-2H3,(H,18,20). The molecular weight excluding hydrogens is 475 g/mol. The number of anilines is 1. The third-order valence-electron chi connectivity index (χ3n) is 3.89. The predicted octanol–water partition coefficient (Wildman–Crippen LogP) is 1.47. The van der Waals surface area contributed by atoms with Gasteiger partial charge >= 0.3 is 5.76 Å². The van der Waals surface area contributed by atoms with Gasteiger partial charge in [0.25, 0.3) is 0 Å². The van der Waals surface area contributed by atoms with E-state index in [2.05, 4.69) is 36.7 Å². The summed E-state index contributed by atoms with van der Waals surface area (Å²) in [5.41, 5.74) is 0.359. The third kappa shape index (κ3) is 4.54. The van der Waals surface area contributed by atoms with Gasteiger partial charge in [-0.05, 0) is 50.9 Å². The number of nitrogens with zero attached hydrogens (tertiary/aromatic N) is 5. The van der Waals surface area contributed by atoms with Crippen molar-refractivity contribution in [2.24, 2.45) is 0 Å². The first-order valence-corrected chi connectivity index (χ1v) is 10.6. The van der Waals surface area contributed by atoms with Gasteiger partial charge < -0.3 is 5.32 Å². The highest BCUT2D eigenvalue weighted by atomic mass is 79.9. The molecule has 0 saturated carbocycles. The van der Waals surface area contributed by atoms with Gasteiger partial charge in [0, 0.05) is 20.6 Å². The number of sulfonamides is 1. The average molecular weight is 491 g/mol. The van der Waals surface area contributed by atoms with Crippen LogP contribution in [0.1, 0.15) is 6.42 Å². The Kier molecular flexibility index (Phi) is 6.14. The number of nitrogens with one attached hydrogen (secondary N) is 1. The van der Waals surface area contributed by atoms with E-state index in [0.29, 0.717) is 6.42 Å². The number of halogens is 2. The SMILES string of the molecule is CN(C)S(=O)(=O)CCCNc1nonc1-c1noc(=O)n1-c1ccc(F)c(Br)c1. The first kappa shape index (κ1) is 21.1. The summed E-state index contributed by atoms with van der Waals surface area (Å²) < 4.78 is 48.9. The fourth-order valence-electron chi connectivity index (χ4n) is 2.35. The van der Waals surface area contributed by atoms with Crippen molar-refractivity contribution in [3.8, 4) is 17.2 Å². The second-order valence-electron chi connectivity index (χ2n) is 6.05. The van der Waals surface area contributed by atoms with Crippen LogP contribution in [-0.4, -0.2) is 59.2 Å². The number of hydrogen-bond donors (Lipinski definition) is 1. The molecule has 156 valence electrons. The first-order valence-electron chi connectivity index (χ1n) is 8.22. The normalized spacial score (nSPS) is 11.9. The highest BCUT2D eigenvalue weighted by Gasteiger charge is 2.23. The quantitative estimate of drug-likeness (QED) is 0.465. The third-order valence-corrected chi connectivity index (χ3v) is 6.42. The summed E-state index contributed by atoms with van der Waals surface area (Å²) in [4.78, 5) is 12.1. The molecule has 0 fully saturated rings. The van der Waals surface area contributed by atoms with Crippen LogP contribution in [0, 0.1) is 5.82 Å². The highest BCUT2D eigenvalue weighted by molar-refractivity contribution is 9.10.